The van der Waals surface area contributed by atoms with Gasteiger partial charge in [-0.25, -0.2) is 0 Å². The molecule has 0 aliphatic heterocycles. The smallest absolute Gasteiger partial charge is 0.244 e. The predicted octanol–water partition coefficient (Wildman–Crippen LogP) is 2.93. The number of rotatable bonds is 9. The van der Waals surface area contributed by atoms with Crippen LogP contribution in [0.4, 0.5) is 11.8 Å². The number of hydrogen-bond donors (Lipinski definition) is 2. The van der Waals surface area contributed by atoms with Crippen LogP contribution in [0.1, 0.15) is 46.5 Å². The van der Waals surface area contributed by atoms with Crippen molar-refractivity contribution in [3.05, 3.63) is 6.20 Å². The van der Waals surface area contributed by atoms with Gasteiger partial charge in [-0.15, -0.1) is 5.10 Å². The number of anilines is 2. The number of hydrogen-bond acceptors (Lipinski definition) is 5. The summed E-state index contributed by atoms with van der Waals surface area (Å²) < 4.78 is 0. The summed E-state index contributed by atoms with van der Waals surface area (Å²) in [5.41, 5.74) is 0. The molecule has 5 nitrogen and oxygen atoms in total. The normalized spacial score (nSPS) is 10.7. The first-order valence-electron chi connectivity index (χ1n) is 6.89. The fourth-order valence-electron chi connectivity index (χ4n) is 1.53. The van der Waals surface area contributed by atoms with Crippen LogP contribution >= 0.6 is 0 Å². The second kappa shape index (κ2) is 8.66. The fraction of sp³-hybridized carbons (Fsp3) is 0.769. The third-order valence-corrected chi connectivity index (χ3v) is 2.65. The van der Waals surface area contributed by atoms with E-state index in [4.69, 9.17) is 0 Å². The van der Waals surface area contributed by atoms with Gasteiger partial charge in [0.1, 0.15) is 5.82 Å². The highest BCUT2D eigenvalue weighted by Gasteiger charge is 2.00. The average molecular weight is 251 g/mol. The highest BCUT2D eigenvalue weighted by atomic mass is 15.3. The van der Waals surface area contributed by atoms with E-state index in [0.717, 1.165) is 31.7 Å². The summed E-state index contributed by atoms with van der Waals surface area (Å²) in [5.74, 6) is 2.09. The van der Waals surface area contributed by atoms with Crippen molar-refractivity contribution in [2.45, 2.75) is 46.5 Å². The molecule has 0 amide bonds. The van der Waals surface area contributed by atoms with Crippen molar-refractivity contribution < 1.29 is 0 Å². The summed E-state index contributed by atoms with van der Waals surface area (Å²) in [6.45, 7) is 8.43. The molecule has 0 atom stereocenters. The van der Waals surface area contributed by atoms with Gasteiger partial charge < -0.3 is 10.6 Å². The van der Waals surface area contributed by atoms with Crippen molar-refractivity contribution in [2.75, 3.05) is 23.7 Å². The topological polar surface area (TPSA) is 62.7 Å². The molecule has 102 valence electrons. The van der Waals surface area contributed by atoms with Crippen LogP contribution in [0.3, 0.4) is 0 Å². The number of unbranched alkanes of at least 4 members (excludes halogenated alkanes) is 2. The summed E-state index contributed by atoms with van der Waals surface area (Å²) >= 11 is 0. The molecule has 0 unspecified atom stereocenters. The molecule has 1 rings (SSSR count). The summed E-state index contributed by atoms with van der Waals surface area (Å²) in [6, 6.07) is 0. The Hall–Kier alpha value is -1.39. The zero-order chi connectivity index (χ0) is 13.2. The third kappa shape index (κ3) is 6.37. The molecule has 18 heavy (non-hydrogen) atoms. The largest absolute Gasteiger partial charge is 0.369 e. The van der Waals surface area contributed by atoms with Crippen molar-refractivity contribution in [2.24, 2.45) is 5.92 Å². The summed E-state index contributed by atoms with van der Waals surface area (Å²) in [4.78, 5) is 4.37. The van der Waals surface area contributed by atoms with Gasteiger partial charge in [0.15, 0.2) is 0 Å². The lowest BCUT2D eigenvalue weighted by Crippen LogP contribution is -2.11. The van der Waals surface area contributed by atoms with Crippen molar-refractivity contribution in [3.63, 3.8) is 0 Å². The number of aromatic nitrogens is 3. The maximum absolute atomic E-state index is 4.37. The molecule has 0 bridgehead atoms. The molecule has 0 saturated heterocycles. The second-order valence-electron chi connectivity index (χ2n) is 4.91. The van der Waals surface area contributed by atoms with Gasteiger partial charge in [-0.05, 0) is 18.8 Å². The molecule has 1 heterocycles. The Morgan fingerprint density at radius 3 is 2.72 bits per heavy atom. The summed E-state index contributed by atoms with van der Waals surface area (Å²) in [7, 11) is 0. The lowest BCUT2D eigenvalue weighted by Gasteiger charge is -2.08. The third-order valence-electron chi connectivity index (χ3n) is 2.65. The van der Waals surface area contributed by atoms with Gasteiger partial charge in [-0.3, -0.25) is 0 Å². The zero-order valence-electron chi connectivity index (χ0n) is 11.7. The molecule has 1 aromatic rings. The number of nitrogens with zero attached hydrogens (tertiary/aromatic N) is 3. The van der Waals surface area contributed by atoms with E-state index < -0.39 is 0 Å². The molecular formula is C13H25N5. The maximum atomic E-state index is 4.37. The highest BCUT2D eigenvalue weighted by Crippen LogP contribution is 2.05. The molecule has 0 fully saturated rings. The van der Waals surface area contributed by atoms with Gasteiger partial charge in [0.05, 0.1) is 6.20 Å². The van der Waals surface area contributed by atoms with E-state index in [9.17, 15) is 0 Å². The average Bonchev–Trinajstić information content (AvgIpc) is 2.35. The Kier molecular flexibility index (Phi) is 7.06. The monoisotopic (exact) mass is 251 g/mol. The lowest BCUT2D eigenvalue weighted by atomic mass is 10.1. The van der Waals surface area contributed by atoms with Gasteiger partial charge in [0, 0.05) is 13.1 Å². The first-order valence-corrected chi connectivity index (χ1v) is 6.89. The van der Waals surface area contributed by atoms with Crippen LogP contribution in [-0.2, 0) is 0 Å². The Morgan fingerprint density at radius 2 is 2.00 bits per heavy atom. The fourth-order valence-corrected chi connectivity index (χ4v) is 1.53. The van der Waals surface area contributed by atoms with E-state index in [-0.39, 0.29) is 0 Å². The molecule has 0 radical (unpaired) electrons. The Bertz CT molecular complexity index is 327. The van der Waals surface area contributed by atoms with Crippen molar-refractivity contribution in [3.8, 4) is 0 Å². The van der Waals surface area contributed by atoms with Crippen LogP contribution in [0.2, 0.25) is 0 Å². The van der Waals surface area contributed by atoms with Crippen LogP contribution in [0, 0.1) is 5.92 Å². The van der Waals surface area contributed by atoms with E-state index in [0.29, 0.717) is 11.9 Å². The van der Waals surface area contributed by atoms with Gasteiger partial charge in [-0.2, -0.15) is 10.1 Å². The highest BCUT2D eigenvalue weighted by molar-refractivity contribution is 5.36. The Morgan fingerprint density at radius 1 is 1.17 bits per heavy atom. The molecule has 0 saturated carbocycles. The molecule has 0 aliphatic carbocycles. The van der Waals surface area contributed by atoms with Crippen molar-refractivity contribution in [1.29, 1.82) is 0 Å². The van der Waals surface area contributed by atoms with Crippen LogP contribution in [0.15, 0.2) is 6.20 Å². The molecular weight excluding hydrogens is 226 g/mol. The summed E-state index contributed by atoms with van der Waals surface area (Å²) in [5, 5.41) is 14.4. The summed E-state index contributed by atoms with van der Waals surface area (Å²) in [6.07, 6.45) is 6.41. The van der Waals surface area contributed by atoms with Gasteiger partial charge >= 0.3 is 0 Å². The van der Waals surface area contributed by atoms with Crippen LogP contribution in [-0.4, -0.2) is 28.3 Å². The van der Waals surface area contributed by atoms with E-state index in [1.807, 2.05) is 0 Å². The van der Waals surface area contributed by atoms with E-state index in [1.54, 1.807) is 6.20 Å². The predicted molar refractivity (Wildman–Crippen MR) is 75.8 cm³/mol. The van der Waals surface area contributed by atoms with Crippen molar-refractivity contribution >= 4 is 11.8 Å². The molecule has 5 heteroatoms. The quantitative estimate of drug-likeness (QED) is 0.661. The Labute approximate surface area is 110 Å². The standard InChI is InChI=1S/C13H25N5/c1-4-5-6-8-14-12-10-16-18-13(17-12)15-9-7-11(2)3/h10-11H,4-9H2,1-3H3,(H2,14,15,17,18). The molecule has 2 N–H and O–H groups in total. The zero-order valence-corrected chi connectivity index (χ0v) is 11.7. The van der Waals surface area contributed by atoms with E-state index in [1.165, 1.54) is 12.8 Å². The molecule has 0 aromatic carbocycles. The van der Waals surface area contributed by atoms with Crippen LogP contribution in [0.25, 0.3) is 0 Å². The van der Waals surface area contributed by atoms with Crippen LogP contribution < -0.4 is 10.6 Å². The minimum Gasteiger partial charge on any atom is -0.369 e. The minimum absolute atomic E-state index is 0.608. The van der Waals surface area contributed by atoms with Gasteiger partial charge in [0.2, 0.25) is 5.95 Å². The van der Waals surface area contributed by atoms with E-state index in [2.05, 4.69) is 46.6 Å². The van der Waals surface area contributed by atoms with Crippen LogP contribution in [0.5, 0.6) is 0 Å². The second-order valence-corrected chi connectivity index (χ2v) is 4.91. The first-order chi connectivity index (χ1) is 8.72. The molecule has 1 aromatic heterocycles. The SMILES string of the molecule is CCCCCNc1cnnc(NCCC(C)C)n1. The first kappa shape index (κ1) is 14.7. The van der Waals surface area contributed by atoms with E-state index >= 15 is 0 Å². The van der Waals surface area contributed by atoms with Crippen molar-refractivity contribution in [1.82, 2.24) is 15.2 Å². The van der Waals surface area contributed by atoms with Gasteiger partial charge in [0.25, 0.3) is 0 Å². The minimum atomic E-state index is 0.608. The Balaban J connectivity index is 2.32. The molecule has 0 spiro atoms. The molecule has 0 aliphatic rings. The van der Waals surface area contributed by atoms with Gasteiger partial charge in [-0.1, -0.05) is 33.6 Å². The lowest BCUT2D eigenvalue weighted by molar-refractivity contribution is 0.605. The maximum Gasteiger partial charge on any atom is 0.244 e. The number of nitrogens with one attached hydrogen (secondary N) is 2.